The minimum absolute atomic E-state index is 0.109. The summed E-state index contributed by atoms with van der Waals surface area (Å²) in [7, 11) is 0. The maximum Gasteiger partial charge on any atom is 0.345 e. The SMILES string of the molecule is N#C/C(=C\Nc1ccccc1I)c1nc(-c2cc3cc([N+](=O)[O-])ccc3oc2=O)cs1. The van der Waals surface area contributed by atoms with E-state index in [1.807, 2.05) is 24.3 Å². The first-order valence-corrected chi connectivity index (χ1v) is 10.7. The molecule has 152 valence electrons. The molecule has 1 N–H and O–H groups in total. The van der Waals surface area contributed by atoms with Crippen molar-refractivity contribution in [1.82, 2.24) is 4.98 Å². The van der Waals surface area contributed by atoms with Crippen molar-refractivity contribution < 1.29 is 9.34 Å². The zero-order valence-electron chi connectivity index (χ0n) is 15.5. The molecule has 31 heavy (non-hydrogen) atoms. The minimum Gasteiger partial charge on any atom is -0.422 e. The Bertz CT molecular complexity index is 1450. The third-order valence-electron chi connectivity index (χ3n) is 4.30. The number of anilines is 1. The number of rotatable bonds is 5. The van der Waals surface area contributed by atoms with Crippen molar-refractivity contribution in [3.63, 3.8) is 0 Å². The molecule has 2 aromatic heterocycles. The van der Waals surface area contributed by atoms with Crippen LogP contribution in [0.4, 0.5) is 11.4 Å². The molecule has 0 saturated carbocycles. The molecular formula is C21H11IN4O4S. The number of non-ortho nitro benzene ring substituents is 1. The molecule has 0 unspecified atom stereocenters. The molecule has 2 heterocycles. The second-order valence-electron chi connectivity index (χ2n) is 6.26. The van der Waals surface area contributed by atoms with Crippen molar-refractivity contribution in [2.45, 2.75) is 0 Å². The van der Waals surface area contributed by atoms with Crippen molar-refractivity contribution in [1.29, 1.82) is 5.26 Å². The number of hydrogen-bond acceptors (Lipinski definition) is 8. The minimum atomic E-state index is -0.613. The Labute approximate surface area is 192 Å². The number of nitrogens with one attached hydrogen (secondary N) is 1. The van der Waals surface area contributed by atoms with Crippen LogP contribution in [0.15, 0.2) is 69.3 Å². The van der Waals surface area contributed by atoms with Gasteiger partial charge in [-0.3, -0.25) is 10.1 Å². The Balaban J connectivity index is 1.69. The average Bonchev–Trinajstić information content (AvgIpc) is 3.24. The number of para-hydroxylation sites is 1. The molecule has 0 saturated heterocycles. The molecule has 2 aromatic carbocycles. The van der Waals surface area contributed by atoms with E-state index in [1.54, 1.807) is 11.6 Å². The lowest BCUT2D eigenvalue weighted by Crippen LogP contribution is -2.03. The quantitative estimate of drug-likeness (QED) is 0.118. The summed E-state index contributed by atoms with van der Waals surface area (Å²) >= 11 is 3.39. The Hall–Kier alpha value is -3.56. The highest BCUT2D eigenvalue weighted by Crippen LogP contribution is 2.28. The number of halogens is 1. The molecule has 10 heteroatoms. The van der Waals surface area contributed by atoms with Gasteiger partial charge in [0.15, 0.2) is 0 Å². The fourth-order valence-corrected chi connectivity index (χ4v) is 4.12. The molecule has 0 spiro atoms. The van der Waals surface area contributed by atoms with Crippen molar-refractivity contribution in [3.05, 3.63) is 89.2 Å². The highest BCUT2D eigenvalue weighted by atomic mass is 127. The number of thiazole rings is 1. The van der Waals surface area contributed by atoms with Gasteiger partial charge in [0.05, 0.1) is 21.9 Å². The number of nitro benzene ring substituents is 1. The third-order valence-corrected chi connectivity index (χ3v) is 6.12. The normalized spacial score (nSPS) is 11.3. The van der Waals surface area contributed by atoms with Crippen molar-refractivity contribution in [2.75, 3.05) is 5.32 Å². The van der Waals surface area contributed by atoms with Crippen LogP contribution in [-0.2, 0) is 0 Å². The van der Waals surface area contributed by atoms with Gasteiger partial charge in [-0.05, 0) is 46.9 Å². The first-order valence-electron chi connectivity index (χ1n) is 8.76. The predicted octanol–water partition coefficient (Wildman–Crippen LogP) is 5.41. The molecule has 0 radical (unpaired) electrons. The number of nitriles is 1. The van der Waals surface area contributed by atoms with Crippen LogP contribution in [0, 0.1) is 25.0 Å². The largest absolute Gasteiger partial charge is 0.422 e. The van der Waals surface area contributed by atoms with Gasteiger partial charge in [0.25, 0.3) is 5.69 Å². The molecule has 0 atom stereocenters. The number of nitro groups is 1. The van der Waals surface area contributed by atoms with Crippen LogP contribution in [0.1, 0.15) is 5.01 Å². The van der Waals surface area contributed by atoms with Gasteiger partial charge < -0.3 is 9.73 Å². The fraction of sp³-hybridized carbons (Fsp3) is 0. The average molecular weight is 542 g/mol. The number of fused-ring (bicyclic) bond motifs is 1. The van der Waals surface area contributed by atoms with Gasteiger partial charge in [0.1, 0.15) is 22.2 Å². The number of hydrogen-bond donors (Lipinski definition) is 1. The van der Waals surface area contributed by atoms with E-state index in [0.717, 1.165) is 9.26 Å². The maximum absolute atomic E-state index is 12.4. The van der Waals surface area contributed by atoms with Crippen LogP contribution in [0.3, 0.4) is 0 Å². The lowest BCUT2D eigenvalue weighted by atomic mass is 10.1. The molecule has 4 aromatic rings. The van der Waals surface area contributed by atoms with E-state index in [-0.39, 0.29) is 16.8 Å². The van der Waals surface area contributed by atoms with Crippen LogP contribution < -0.4 is 10.9 Å². The van der Waals surface area contributed by atoms with Crippen LogP contribution in [-0.4, -0.2) is 9.91 Å². The van der Waals surface area contributed by atoms with Gasteiger partial charge in [-0.2, -0.15) is 5.26 Å². The highest BCUT2D eigenvalue weighted by Gasteiger charge is 2.15. The summed E-state index contributed by atoms with van der Waals surface area (Å²) in [5.74, 6) is 0. The Morgan fingerprint density at radius 2 is 2.10 bits per heavy atom. The molecule has 0 aliphatic heterocycles. The van der Waals surface area contributed by atoms with E-state index in [1.165, 1.54) is 35.6 Å². The summed E-state index contributed by atoms with van der Waals surface area (Å²) in [5, 5.41) is 26.1. The molecule has 0 aliphatic carbocycles. The summed E-state index contributed by atoms with van der Waals surface area (Å²) in [6.45, 7) is 0. The van der Waals surface area contributed by atoms with Gasteiger partial charge in [-0.25, -0.2) is 9.78 Å². The predicted molar refractivity (Wildman–Crippen MR) is 127 cm³/mol. The summed E-state index contributed by atoms with van der Waals surface area (Å²) in [6.07, 6.45) is 1.56. The number of benzene rings is 2. The zero-order valence-corrected chi connectivity index (χ0v) is 18.5. The van der Waals surface area contributed by atoms with Gasteiger partial charge in [-0.15, -0.1) is 11.3 Å². The summed E-state index contributed by atoms with van der Waals surface area (Å²) in [5.41, 5.74) is 1.17. The molecule has 0 aliphatic rings. The van der Waals surface area contributed by atoms with Crippen molar-refractivity contribution >= 4 is 61.8 Å². The fourth-order valence-electron chi connectivity index (χ4n) is 2.79. The first-order chi connectivity index (χ1) is 15.0. The summed E-state index contributed by atoms with van der Waals surface area (Å²) in [6, 6.07) is 15.2. The molecular weight excluding hydrogens is 531 g/mol. The standard InChI is InChI=1S/C21H11IN4O4S/c22-16-3-1-2-4-17(16)24-10-13(9-23)20-25-18(11-31-20)15-8-12-7-14(26(28)29)5-6-19(12)30-21(15)27/h1-8,10-11,24H/b13-10+. The summed E-state index contributed by atoms with van der Waals surface area (Å²) in [4.78, 5) is 27.3. The first kappa shape index (κ1) is 20.7. The van der Waals surface area contributed by atoms with Crippen LogP contribution in [0.5, 0.6) is 0 Å². The summed E-state index contributed by atoms with van der Waals surface area (Å²) < 4.78 is 6.29. The van der Waals surface area contributed by atoms with Crippen LogP contribution >= 0.6 is 33.9 Å². The van der Waals surface area contributed by atoms with Crippen LogP contribution in [0.25, 0.3) is 27.8 Å². The highest BCUT2D eigenvalue weighted by molar-refractivity contribution is 14.1. The Morgan fingerprint density at radius 3 is 2.84 bits per heavy atom. The number of allylic oxidation sites excluding steroid dienone is 1. The Kier molecular flexibility index (Phi) is 5.79. The lowest BCUT2D eigenvalue weighted by Gasteiger charge is -2.03. The van der Waals surface area contributed by atoms with E-state index in [2.05, 4.69) is 39.0 Å². The van der Waals surface area contributed by atoms with E-state index in [4.69, 9.17) is 4.42 Å². The van der Waals surface area contributed by atoms with Crippen molar-refractivity contribution in [2.24, 2.45) is 0 Å². The lowest BCUT2D eigenvalue weighted by molar-refractivity contribution is -0.384. The van der Waals surface area contributed by atoms with E-state index in [9.17, 15) is 20.2 Å². The van der Waals surface area contributed by atoms with E-state index in [0.29, 0.717) is 21.7 Å². The number of aromatic nitrogens is 1. The second-order valence-corrected chi connectivity index (χ2v) is 8.28. The molecule has 0 amide bonds. The molecule has 8 nitrogen and oxygen atoms in total. The van der Waals surface area contributed by atoms with Crippen molar-refractivity contribution in [3.8, 4) is 17.3 Å². The maximum atomic E-state index is 12.4. The topological polar surface area (TPSA) is 122 Å². The third kappa shape index (κ3) is 4.32. The van der Waals surface area contributed by atoms with E-state index >= 15 is 0 Å². The smallest absolute Gasteiger partial charge is 0.345 e. The second kappa shape index (κ2) is 8.66. The van der Waals surface area contributed by atoms with Crippen LogP contribution in [0.2, 0.25) is 0 Å². The van der Waals surface area contributed by atoms with Gasteiger partial charge in [0, 0.05) is 32.7 Å². The Morgan fingerprint density at radius 1 is 1.29 bits per heavy atom. The molecule has 0 bridgehead atoms. The zero-order chi connectivity index (χ0) is 22.0. The number of nitrogens with zero attached hydrogens (tertiary/aromatic N) is 3. The molecule has 4 rings (SSSR count). The van der Waals surface area contributed by atoms with E-state index < -0.39 is 10.5 Å². The van der Waals surface area contributed by atoms with Gasteiger partial charge in [0.2, 0.25) is 0 Å². The van der Waals surface area contributed by atoms with Gasteiger partial charge in [-0.1, -0.05) is 12.1 Å². The molecule has 0 fully saturated rings. The van der Waals surface area contributed by atoms with Gasteiger partial charge >= 0.3 is 5.63 Å². The monoisotopic (exact) mass is 542 g/mol.